The second-order valence-corrected chi connectivity index (χ2v) is 7.96. The number of carbonyl (C=O) groups is 1. The second-order valence-electron chi connectivity index (χ2n) is 7.04. The van der Waals surface area contributed by atoms with Crippen LogP contribution < -0.4 is 14.9 Å². The number of nitrogens with zero attached hydrogens (tertiary/aromatic N) is 1. The molecule has 1 amide bonds. The average molecular weight is 489 g/mol. The molecular formula is C26H21BrN2O3. The van der Waals surface area contributed by atoms with Gasteiger partial charge in [0.2, 0.25) is 0 Å². The monoisotopic (exact) mass is 488 g/mol. The highest BCUT2D eigenvalue weighted by Gasteiger charge is 2.09. The van der Waals surface area contributed by atoms with Crippen molar-refractivity contribution >= 4 is 38.8 Å². The molecule has 4 rings (SSSR count). The number of methoxy groups -OCH3 is 1. The molecule has 0 aliphatic carbocycles. The van der Waals surface area contributed by atoms with Crippen LogP contribution in [0, 0.1) is 0 Å². The summed E-state index contributed by atoms with van der Waals surface area (Å²) in [6.45, 7) is 0.414. The third-order valence-corrected chi connectivity index (χ3v) is 5.42. The predicted octanol–water partition coefficient (Wildman–Crippen LogP) is 5.95. The van der Waals surface area contributed by atoms with Crippen molar-refractivity contribution in [1.29, 1.82) is 0 Å². The summed E-state index contributed by atoms with van der Waals surface area (Å²) in [6, 6.07) is 26.7. The van der Waals surface area contributed by atoms with Crippen molar-refractivity contribution in [2.45, 2.75) is 6.61 Å². The number of nitrogens with one attached hydrogen (secondary N) is 1. The van der Waals surface area contributed by atoms with Crippen LogP contribution in [0.4, 0.5) is 0 Å². The highest BCUT2D eigenvalue weighted by atomic mass is 79.9. The lowest BCUT2D eigenvalue weighted by Gasteiger charge is -2.12. The van der Waals surface area contributed by atoms with Gasteiger partial charge in [-0.3, -0.25) is 4.79 Å². The molecule has 5 nitrogen and oxygen atoms in total. The molecule has 0 aliphatic rings. The Morgan fingerprint density at radius 1 is 1.00 bits per heavy atom. The number of amides is 1. The quantitative estimate of drug-likeness (QED) is 0.258. The van der Waals surface area contributed by atoms with Crippen LogP contribution in [0.3, 0.4) is 0 Å². The minimum atomic E-state index is -0.305. The molecule has 4 aromatic rings. The number of ether oxygens (including phenoxy) is 2. The molecular weight excluding hydrogens is 468 g/mol. The van der Waals surface area contributed by atoms with Gasteiger partial charge < -0.3 is 9.47 Å². The molecule has 0 spiro atoms. The molecule has 0 saturated heterocycles. The summed E-state index contributed by atoms with van der Waals surface area (Å²) < 4.78 is 12.2. The Morgan fingerprint density at radius 2 is 1.81 bits per heavy atom. The van der Waals surface area contributed by atoms with E-state index in [4.69, 9.17) is 9.47 Å². The van der Waals surface area contributed by atoms with Gasteiger partial charge in [0.25, 0.3) is 5.91 Å². The Labute approximate surface area is 194 Å². The molecule has 0 saturated carbocycles. The standard InChI is InChI=1S/C26H21BrN2O3/c1-31-22-12-9-20(10-13-22)26(30)29-28-16-24-23-8-3-2-6-19(23)11-14-25(24)32-17-18-5-4-7-21(27)15-18/h2-16H,17H2,1H3,(H,29,30). The van der Waals surface area contributed by atoms with E-state index in [1.54, 1.807) is 37.6 Å². The predicted molar refractivity (Wildman–Crippen MR) is 130 cm³/mol. The molecule has 1 N–H and O–H groups in total. The van der Waals surface area contributed by atoms with Crippen LogP contribution in [0.25, 0.3) is 10.8 Å². The Balaban J connectivity index is 1.56. The number of benzene rings is 4. The van der Waals surface area contributed by atoms with Gasteiger partial charge in [-0.05, 0) is 58.8 Å². The maximum absolute atomic E-state index is 12.4. The zero-order valence-electron chi connectivity index (χ0n) is 17.4. The van der Waals surface area contributed by atoms with Crippen molar-refractivity contribution in [2.75, 3.05) is 7.11 Å². The Hall–Kier alpha value is -3.64. The highest BCUT2D eigenvalue weighted by molar-refractivity contribution is 9.10. The maximum Gasteiger partial charge on any atom is 0.271 e. The van der Waals surface area contributed by atoms with E-state index >= 15 is 0 Å². The van der Waals surface area contributed by atoms with Crippen LogP contribution in [0.1, 0.15) is 21.5 Å². The van der Waals surface area contributed by atoms with E-state index < -0.39 is 0 Å². The third-order valence-electron chi connectivity index (χ3n) is 4.93. The van der Waals surface area contributed by atoms with Crippen LogP contribution >= 0.6 is 15.9 Å². The molecule has 0 atom stereocenters. The fourth-order valence-electron chi connectivity index (χ4n) is 3.28. The van der Waals surface area contributed by atoms with Crippen molar-refractivity contribution in [2.24, 2.45) is 5.10 Å². The largest absolute Gasteiger partial charge is 0.497 e. The van der Waals surface area contributed by atoms with Gasteiger partial charge in [0.1, 0.15) is 18.1 Å². The van der Waals surface area contributed by atoms with E-state index in [1.807, 2.05) is 60.7 Å². The minimum absolute atomic E-state index is 0.305. The van der Waals surface area contributed by atoms with Crippen molar-refractivity contribution < 1.29 is 14.3 Å². The van der Waals surface area contributed by atoms with E-state index in [0.717, 1.165) is 26.4 Å². The fraction of sp³-hybridized carbons (Fsp3) is 0.0769. The smallest absolute Gasteiger partial charge is 0.271 e. The summed E-state index contributed by atoms with van der Waals surface area (Å²) in [6.07, 6.45) is 1.62. The number of fused-ring (bicyclic) bond motifs is 1. The zero-order valence-corrected chi connectivity index (χ0v) is 19.0. The maximum atomic E-state index is 12.4. The van der Waals surface area contributed by atoms with Crippen molar-refractivity contribution in [3.63, 3.8) is 0 Å². The lowest BCUT2D eigenvalue weighted by molar-refractivity contribution is 0.0955. The second kappa shape index (κ2) is 10.1. The van der Waals surface area contributed by atoms with Crippen molar-refractivity contribution in [3.8, 4) is 11.5 Å². The number of hydrazone groups is 1. The SMILES string of the molecule is COc1ccc(C(=O)NN=Cc2c(OCc3cccc(Br)c3)ccc3ccccc23)cc1. The lowest BCUT2D eigenvalue weighted by atomic mass is 10.0. The summed E-state index contributed by atoms with van der Waals surface area (Å²) in [7, 11) is 1.58. The first kappa shape index (κ1) is 21.6. The van der Waals surface area contributed by atoms with Gasteiger partial charge in [-0.2, -0.15) is 5.10 Å². The number of rotatable bonds is 7. The molecule has 0 unspecified atom stereocenters. The topological polar surface area (TPSA) is 59.9 Å². The van der Waals surface area contributed by atoms with Gasteiger partial charge in [-0.15, -0.1) is 0 Å². The average Bonchev–Trinajstić information content (AvgIpc) is 2.83. The summed E-state index contributed by atoms with van der Waals surface area (Å²) in [4.78, 5) is 12.4. The summed E-state index contributed by atoms with van der Waals surface area (Å²) >= 11 is 3.49. The first-order valence-electron chi connectivity index (χ1n) is 10.0. The van der Waals surface area contributed by atoms with Crippen LogP contribution in [0.15, 0.2) is 94.5 Å². The number of halogens is 1. The highest BCUT2D eigenvalue weighted by Crippen LogP contribution is 2.27. The van der Waals surface area contributed by atoms with Gasteiger partial charge in [-0.1, -0.05) is 58.4 Å². The molecule has 0 radical (unpaired) electrons. The van der Waals surface area contributed by atoms with Gasteiger partial charge in [0.05, 0.1) is 13.3 Å². The third kappa shape index (κ3) is 5.15. The lowest BCUT2D eigenvalue weighted by Crippen LogP contribution is -2.17. The van der Waals surface area contributed by atoms with E-state index in [9.17, 15) is 4.79 Å². The normalized spacial score (nSPS) is 10.9. The van der Waals surface area contributed by atoms with Gasteiger partial charge in [0.15, 0.2) is 0 Å². The summed E-state index contributed by atoms with van der Waals surface area (Å²) in [5.41, 5.74) is 4.92. The number of hydrogen-bond acceptors (Lipinski definition) is 4. The van der Waals surface area contributed by atoms with E-state index in [-0.39, 0.29) is 5.91 Å². The Bertz CT molecular complexity index is 1270. The van der Waals surface area contributed by atoms with Gasteiger partial charge >= 0.3 is 0 Å². The molecule has 32 heavy (non-hydrogen) atoms. The van der Waals surface area contributed by atoms with E-state index in [0.29, 0.717) is 23.7 Å². The number of carbonyl (C=O) groups excluding carboxylic acids is 1. The fourth-order valence-corrected chi connectivity index (χ4v) is 3.73. The van der Waals surface area contributed by atoms with Gasteiger partial charge in [0, 0.05) is 15.6 Å². The molecule has 4 aromatic carbocycles. The molecule has 0 bridgehead atoms. The Morgan fingerprint density at radius 3 is 2.59 bits per heavy atom. The minimum Gasteiger partial charge on any atom is -0.497 e. The molecule has 0 aliphatic heterocycles. The van der Waals surface area contributed by atoms with Crippen LogP contribution in [-0.4, -0.2) is 19.2 Å². The van der Waals surface area contributed by atoms with E-state index in [2.05, 4.69) is 26.5 Å². The molecule has 160 valence electrons. The van der Waals surface area contributed by atoms with Crippen LogP contribution in [0.2, 0.25) is 0 Å². The number of hydrogen-bond donors (Lipinski definition) is 1. The zero-order chi connectivity index (χ0) is 22.3. The van der Waals surface area contributed by atoms with Crippen LogP contribution in [-0.2, 0) is 6.61 Å². The Kier molecular flexibility index (Phi) is 6.82. The van der Waals surface area contributed by atoms with Crippen molar-refractivity contribution in [1.82, 2.24) is 5.43 Å². The first-order valence-corrected chi connectivity index (χ1v) is 10.8. The van der Waals surface area contributed by atoms with E-state index in [1.165, 1.54) is 0 Å². The van der Waals surface area contributed by atoms with Crippen LogP contribution in [0.5, 0.6) is 11.5 Å². The molecule has 0 aromatic heterocycles. The first-order chi connectivity index (χ1) is 15.6. The van der Waals surface area contributed by atoms with Crippen molar-refractivity contribution in [3.05, 3.63) is 106 Å². The summed E-state index contributed by atoms with van der Waals surface area (Å²) in [5.74, 6) is 1.07. The van der Waals surface area contributed by atoms with Gasteiger partial charge in [-0.25, -0.2) is 5.43 Å². The summed E-state index contributed by atoms with van der Waals surface area (Å²) in [5, 5.41) is 6.25. The molecule has 6 heteroatoms. The molecule has 0 heterocycles. The molecule has 0 fully saturated rings.